The molecular formula is C10H11Cl2N. The van der Waals surface area contributed by atoms with Crippen LogP contribution in [-0.4, -0.2) is 6.04 Å². The summed E-state index contributed by atoms with van der Waals surface area (Å²) in [6.45, 7) is 2.17. The van der Waals surface area contributed by atoms with Crippen molar-refractivity contribution in [2.75, 3.05) is 0 Å². The Morgan fingerprint density at radius 3 is 2.62 bits per heavy atom. The molecule has 1 heterocycles. The fourth-order valence-electron chi connectivity index (χ4n) is 1.67. The highest BCUT2D eigenvalue weighted by atomic mass is 35.5. The van der Waals surface area contributed by atoms with Gasteiger partial charge in [-0.05, 0) is 31.0 Å². The zero-order chi connectivity index (χ0) is 9.42. The van der Waals surface area contributed by atoms with E-state index >= 15 is 0 Å². The van der Waals surface area contributed by atoms with Crippen LogP contribution in [0.15, 0.2) is 18.2 Å². The normalized spacial score (nSPS) is 27.0. The largest absolute Gasteiger partial charge is 0.307 e. The van der Waals surface area contributed by atoms with Gasteiger partial charge in [0.1, 0.15) is 0 Å². The lowest BCUT2D eigenvalue weighted by atomic mass is 9.92. The molecule has 13 heavy (non-hydrogen) atoms. The zero-order valence-corrected chi connectivity index (χ0v) is 8.86. The standard InChI is InChI=1S/C10H11Cl2N/c1-6-4-10(13-6)8-3-2-7(11)5-9(8)12/h2-3,5-6,10,13H,4H2,1H3. The van der Waals surface area contributed by atoms with Crippen LogP contribution in [-0.2, 0) is 0 Å². The van der Waals surface area contributed by atoms with Crippen LogP contribution in [0.3, 0.4) is 0 Å². The molecule has 1 saturated heterocycles. The molecule has 2 unspecified atom stereocenters. The number of hydrogen-bond donors (Lipinski definition) is 1. The van der Waals surface area contributed by atoms with Gasteiger partial charge in [0.05, 0.1) is 0 Å². The van der Waals surface area contributed by atoms with Crippen molar-refractivity contribution in [3.63, 3.8) is 0 Å². The van der Waals surface area contributed by atoms with E-state index in [1.165, 1.54) is 0 Å². The van der Waals surface area contributed by atoms with Gasteiger partial charge in [0.2, 0.25) is 0 Å². The van der Waals surface area contributed by atoms with E-state index in [9.17, 15) is 0 Å². The van der Waals surface area contributed by atoms with Crippen molar-refractivity contribution < 1.29 is 0 Å². The van der Waals surface area contributed by atoms with Crippen LogP contribution in [0.1, 0.15) is 24.9 Å². The van der Waals surface area contributed by atoms with Crippen molar-refractivity contribution in [2.45, 2.75) is 25.4 Å². The maximum atomic E-state index is 6.06. The first-order valence-corrected chi connectivity index (χ1v) is 5.13. The van der Waals surface area contributed by atoms with E-state index in [1.54, 1.807) is 6.07 Å². The highest BCUT2D eigenvalue weighted by molar-refractivity contribution is 6.35. The topological polar surface area (TPSA) is 12.0 Å². The molecule has 0 radical (unpaired) electrons. The van der Waals surface area contributed by atoms with Gasteiger partial charge in [-0.3, -0.25) is 0 Å². The lowest BCUT2D eigenvalue weighted by molar-refractivity contribution is 0.288. The van der Waals surface area contributed by atoms with E-state index in [1.807, 2.05) is 12.1 Å². The van der Waals surface area contributed by atoms with Crippen molar-refractivity contribution in [3.05, 3.63) is 33.8 Å². The van der Waals surface area contributed by atoms with E-state index in [2.05, 4.69) is 12.2 Å². The smallest absolute Gasteiger partial charge is 0.0468 e. The molecule has 1 nitrogen and oxygen atoms in total. The van der Waals surface area contributed by atoms with Crippen LogP contribution in [0.5, 0.6) is 0 Å². The lowest BCUT2D eigenvalue weighted by Gasteiger charge is -2.35. The highest BCUT2D eigenvalue weighted by Gasteiger charge is 2.26. The van der Waals surface area contributed by atoms with Crippen molar-refractivity contribution >= 4 is 23.2 Å². The lowest BCUT2D eigenvalue weighted by Crippen LogP contribution is -2.43. The fraction of sp³-hybridized carbons (Fsp3) is 0.400. The first kappa shape index (κ1) is 9.32. The maximum absolute atomic E-state index is 6.06. The Kier molecular flexibility index (Phi) is 2.50. The van der Waals surface area contributed by atoms with Crippen LogP contribution < -0.4 is 5.32 Å². The van der Waals surface area contributed by atoms with Gasteiger partial charge in [-0.25, -0.2) is 0 Å². The van der Waals surface area contributed by atoms with Crippen LogP contribution in [0.25, 0.3) is 0 Å². The molecule has 1 N–H and O–H groups in total. The predicted molar refractivity (Wildman–Crippen MR) is 56.4 cm³/mol. The van der Waals surface area contributed by atoms with E-state index in [0.717, 1.165) is 17.0 Å². The number of hydrogen-bond acceptors (Lipinski definition) is 1. The number of halogens is 2. The summed E-state index contributed by atoms with van der Waals surface area (Å²) in [4.78, 5) is 0. The molecule has 0 amide bonds. The van der Waals surface area contributed by atoms with Crippen molar-refractivity contribution in [2.24, 2.45) is 0 Å². The molecule has 1 aliphatic heterocycles. The Morgan fingerprint density at radius 1 is 1.38 bits per heavy atom. The highest BCUT2D eigenvalue weighted by Crippen LogP contribution is 2.33. The molecule has 3 heteroatoms. The summed E-state index contributed by atoms with van der Waals surface area (Å²) in [6, 6.07) is 6.70. The van der Waals surface area contributed by atoms with Gasteiger partial charge < -0.3 is 5.32 Å². The van der Waals surface area contributed by atoms with Crippen molar-refractivity contribution in [3.8, 4) is 0 Å². The van der Waals surface area contributed by atoms with Crippen LogP contribution in [0.2, 0.25) is 10.0 Å². The Bertz CT molecular complexity index is 319. The molecule has 1 aromatic rings. The Labute approximate surface area is 88.0 Å². The predicted octanol–water partition coefficient (Wildman–Crippen LogP) is 3.42. The van der Waals surface area contributed by atoms with Gasteiger partial charge in [-0.15, -0.1) is 0 Å². The summed E-state index contributed by atoms with van der Waals surface area (Å²) >= 11 is 11.9. The molecule has 0 spiro atoms. The molecule has 2 atom stereocenters. The monoisotopic (exact) mass is 215 g/mol. The second-order valence-electron chi connectivity index (χ2n) is 3.52. The van der Waals surface area contributed by atoms with E-state index in [4.69, 9.17) is 23.2 Å². The Balaban J connectivity index is 2.21. The molecule has 1 aliphatic rings. The summed E-state index contributed by atoms with van der Waals surface area (Å²) in [5.41, 5.74) is 1.16. The third-order valence-corrected chi connectivity index (χ3v) is 2.98. The molecular weight excluding hydrogens is 205 g/mol. The van der Waals surface area contributed by atoms with Gasteiger partial charge in [0.25, 0.3) is 0 Å². The second-order valence-corrected chi connectivity index (χ2v) is 4.37. The molecule has 2 rings (SSSR count). The summed E-state index contributed by atoms with van der Waals surface area (Å²) < 4.78 is 0. The summed E-state index contributed by atoms with van der Waals surface area (Å²) in [5.74, 6) is 0. The van der Waals surface area contributed by atoms with Gasteiger partial charge in [0, 0.05) is 22.1 Å². The molecule has 1 fully saturated rings. The number of rotatable bonds is 1. The minimum atomic E-state index is 0.416. The summed E-state index contributed by atoms with van der Waals surface area (Å²) in [6.07, 6.45) is 1.15. The van der Waals surface area contributed by atoms with Gasteiger partial charge in [-0.1, -0.05) is 29.3 Å². The van der Waals surface area contributed by atoms with Gasteiger partial charge >= 0.3 is 0 Å². The summed E-state index contributed by atoms with van der Waals surface area (Å²) in [7, 11) is 0. The average Bonchev–Trinajstić information content (AvgIpc) is 2.00. The number of nitrogens with one attached hydrogen (secondary N) is 1. The molecule has 0 bridgehead atoms. The van der Waals surface area contributed by atoms with E-state index < -0.39 is 0 Å². The average molecular weight is 216 g/mol. The minimum Gasteiger partial charge on any atom is -0.307 e. The quantitative estimate of drug-likeness (QED) is 0.758. The molecule has 0 aliphatic carbocycles. The van der Waals surface area contributed by atoms with E-state index in [0.29, 0.717) is 17.1 Å². The van der Waals surface area contributed by atoms with Crippen LogP contribution in [0.4, 0.5) is 0 Å². The molecule has 70 valence electrons. The third-order valence-electron chi connectivity index (χ3n) is 2.41. The zero-order valence-electron chi connectivity index (χ0n) is 7.35. The second kappa shape index (κ2) is 3.49. The Hall–Kier alpha value is -0.240. The van der Waals surface area contributed by atoms with E-state index in [-0.39, 0.29) is 0 Å². The van der Waals surface area contributed by atoms with Crippen LogP contribution in [0, 0.1) is 0 Å². The molecule has 1 aromatic carbocycles. The third kappa shape index (κ3) is 1.83. The molecule has 0 saturated carbocycles. The maximum Gasteiger partial charge on any atom is 0.0468 e. The Morgan fingerprint density at radius 2 is 2.08 bits per heavy atom. The van der Waals surface area contributed by atoms with Crippen molar-refractivity contribution in [1.29, 1.82) is 0 Å². The SMILES string of the molecule is CC1CC(c2ccc(Cl)cc2Cl)N1. The van der Waals surface area contributed by atoms with Crippen molar-refractivity contribution in [1.82, 2.24) is 5.32 Å². The molecule has 0 aromatic heterocycles. The number of benzene rings is 1. The minimum absolute atomic E-state index is 0.416. The fourth-order valence-corrected chi connectivity index (χ4v) is 2.21. The van der Waals surface area contributed by atoms with Gasteiger partial charge in [0.15, 0.2) is 0 Å². The summed E-state index contributed by atoms with van der Waals surface area (Å²) in [5, 5.41) is 4.85. The van der Waals surface area contributed by atoms with Gasteiger partial charge in [-0.2, -0.15) is 0 Å². The first-order chi connectivity index (χ1) is 6.16. The first-order valence-electron chi connectivity index (χ1n) is 4.38. The van der Waals surface area contributed by atoms with Crippen LogP contribution >= 0.6 is 23.2 Å².